The quantitative estimate of drug-likeness (QED) is 0.627. The lowest BCUT2D eigenvalue weighted by atomic mass is 10.0. The van der Waals surface area contributed by atoms with Gasteiger partial charge < -0.3 is 5.32 Å². The van der Waals surface area contributed by atoms with Crippen LogP contribution in [0.4, 0.5) is 11.4 Å². The molecule has 1 aliphatic rings. The van der Waals surface area contributed by atoms with Crippen LogP contribution in [0.1, 0.15) is 19.4 Å². The van der Waals surface area contributed by atoms with Crippen molar-refractivity contribution in [1.82, 2.24) is 0 Å². The summed E-state index contributed by atoms with van der Waals surface area (Å²) in [4.78, 5) is 13.1. The van der Waals surface area contributed by atoms with Gasteiger partial charge in [-0.1, -0.05) is 11.6 Å². The van der Waals surface area contributed by atoms with E-state index in [1.165, 1.54) is 23.9 Å². The van der Waals surface area contributed by atoms with Crippen molar-refractivity contribution < 1.29 is 13.2 Å². The maximum atomic E-state index is 12.7. The molecular formula is C18H18N2O3S2. The average molecular weight is 374 g/mol. The van der Waals surface area contributed by atoms with Crippen molar-refractivity contribution >= 4 is 44.6 Å². The van der Waals surface area contributed by atoms with Gasteiger partial charge in [-0.15, -0.1) is 11.8 Å². The van der Waals surface area contributed by atoms with Crippen LogP contribution in [0.3, 0.4) is 0 Å². The van der Waals surface area contributed by atoms with Crippen LogP contribution in [-0.2, 0) is 14.8 Å². The monoisotopic (exact) mass is 374 g/mol. The highest BCUT2D eigenvalue weighted by Gasteiger charge is 2.27. The summed E-state index contributed by atoms with van der Waals surface area (Å²) in [5, 5.41) is 2.76. The van der Waals surface area contributed by atoms with Crippen LogP contribution < -0.4 is 10.0 Å². The van der Waals surface area contributed by atoms with E-state index in [2.05, 4.69) is 10.0 Å². The molecule has 2 N–H and O–H groups in total. The van der Waals surface area contributed by atoms with Crippen LogP contribution in [0.25, 0.3) is 5.57 Å². The Hall–Kier alpha value is -2.25. The molecule has 1 heterocycles. The topological polar surface area (TPSA) is 75.3 Å². The van der Waals surface area contributed by atoms with Crippen molar-refractivity contribution in [3.8, 4) is 0 Å². The number of carbonyl (C=O) groups excluding carboxylic acids is 1. The normalized spacial score (nSPS) is 13.4. The first-order chi connectivity index (χ1) is 11.8. The van der Waals surface area contributed by atoms with Crippen molar-refractivity contribution in [2.45, 2.75) is 23.6 Å². The van der Waals surface area contributed by atoms with Gasteiger partial charge in [-0.05, 0) is 56.5 Å². The van der Waals surface area contributed by atoms with E-state index >= 15 is 0 Å². The maximum absolute atomic E-state index is 12.7. The number of hydrogen-bond donors (Lipinski definition) is 2. The zero-order valence-corrected chi connectivity index (χ0v) is 15.7. The van der Waals surface area contributed by atoms with E-state index in [-0.39, 0.29) is 10.8 Å². The predicted molar refractivity (Wildman–Crippen MR) is 102 cm³/mol. The lowest BCUT2D eigenvalue weighted by molar-refractivity contribution is -0.110. The Labute approximate surface area is 151 Å². The van der Waals surface area contributed by atoms with E-state index in [1.807, 2.05) is 26.2 Å². The summed E-state index contributed by atoms with van der Waals surface area (Å²) in [5.74, 6) is -0.204. The molecule has 130 valence electrons. The van der Waals surface area contributed by atoms with Crippen LogP contribution in [0.2, 0.25) is 0 Å². The van der Waals surface area contributed by atoms with Gasteiger partial charge >= 0.3 is 0 Å². The zero-order valence-electron chi connectivity index (χ0n) is 14.1. The Morgan fingerprint density at radius 3 is 2.56 bits per heavy atom. The largest absolute Gasteiger partial charge is 0.321 e. The molecule has 0 fully saturated rings. The predicted octanol–water partition coefficient (Wildman–Crippen LogP) is 3.95. The third-order valence-corrected chi connectivity index (χ3v) is 5.97. The summed E-state index contributed by atoms with van der Waals surface area (Å²) in [6.45, 7) is 3.66. The van der Waals surface area contributed by atoms with E-state index in [0.29, 0.717) is 22.5 Å². The van der Waals surface area contributed by atoms with Crippen molar-refractivity contribution in [3.05, 3.63) is 53.6 Å². The van der Waals surface area contributed by atoms with E-state index in [0.717, 1.165) is 10.5 Å². The maximum Gasteiger partial charge on any atom is 0.261 e. The minimum absolute atomic E-state index is 0.121. The second-order valence-electron chi connectivity index (χ2n) is 5.87. The van der Waals surface area contributed by atoms with Crippen molar-refractivity contribution in [1.29, 1.82) is 0 Å². The fraction of sp³-hybridized carbons (Fsp3) is 0.167. The zero-order chi connectivity index (χ0) is 18.2. The van der Waals surface area contributed by atoms with Gasteiger partial charge in [0.2, 0.25) is 0 Å². The Morgan fingerprint density at radius 2 is 1.88 bits per heavy atom. The number of anilines is 2. The van der Waals surface area contributed by atoms with Gasteiger partial charge in [0, 0.05) is 27.4 Å². The van der Waals surface area contributed by atoms with Gasteiger partial charge in [0.05, 0.1) is 4.90 Å². The second kappa shape index (κ2) is 6.57. The summed E-state index contributed by atoms with van der Waals surface area (Å²) in [6.07, 6.45) is 1.93. The number of fused-ring (bicyclic) bond motifs is 1. The highest BCUT2D eigenvalue weighted by molar-refractivity contribution is 7.98. The summed E-state index contributed by atoms with van der Waals surface area (Å²) in [7, 11) is -3.75. The molecule has 0 aliphatic carbocycles. The molecule has 2 aromatic carbocycles. The molecule has 0 aromatic heterocycles. The number of sulfonamides is 1. The van der Waals surface area contributed by atoms with Gasteiger partial charge in [-0.3, -0.25) is 9.52 Å². The molecule has 2 aromatic rings. The molecule has 7 heteroatoms. The minimum atomic E-state index is -3.75. The summed E-state index contributed by atoms with van der Waals surface area (Å²) in [6, 6.07) is 11.9. The van der Waals surface area contributed by atoms with Crippen molar-refractivity contribution in [3.63, 3.8) is 0 Å². The Morgan fingerprint density at radius 1 is 1.12 bits per heavy atom. The molecule has 1 amide bonds. The van der Waals surface area contributed by atoms with Crippen molar-refractivity contribution in [2.24, 2.45) is 0 Å². The summed E-state index contributed by atoms with van der Waals surface area (Å²) < 4.78 is 28.0. The molecule has 0 radical (unpaired) electrons. The number of hydrogen-bond acceptors (Lipinski definition) is 4. The summed E-state index contributed by atoms with van der Waals surface area (Å²) >= 11 is 1.54. The number of nitrogens with one attached hydrogen (secondary N) is 2. The van der Waals surface area contributed by atoms with Gasteiger partial charge in [0.25, 0.3) is 15.9 Å². The number of rotatable bonds is 4. The lowest BCUT2D eigenvalue weighted by Gasteiger charge is -2.10. The SMILES string of the molecule is CSc1cccc(NS(=O)(=O)c2ccc3c(c2)C(=C(C)C)C(=O)N3)c1. The first-order valence-electron chi connectivity index (χ1n) is 7.62. The first kappa shape index (κ1) is 17.6. The third kappa shape index (κ3) is 3.43. The number of carbonyl (C=O) groups is 1. The molecule has 0 saturated carbocycles. The number of thioether (sulfide) groups is 1. The fourth-order valence-corrected chi connectivity index (χ4v) is 4.25. The lowest BCUT2D eigenvalue weighted by Crippen LogP contribution is -2.13. The van der Waals surface area contributed by atoms with Crippen LogP contribution in [0.15, 0.2) is 57.8 Å². The molecule has 0 spiro atoms. The van der Waals surface area contributed by atoms with E-state index in [9.17, 15) is 13.2 Å². The highest BCUT2D eigenvalue weighted by atomic mass is 32.2. The fourth-order valence-electron chi connectivity index (χ4n) is 2.71. The van der Waals surface area contributed by atoms with E-state index in [1.54, 1.807) is 24.3 Å². The highest BCUT2D eigenvalue weighted by Crippen LogP contribution is 2.35. The van der Waals surface area contributed by atoms with E-state index < -0.39 is 10.0 Å². The molecule has 0 saturated heterocycles. The standard InChI is InChI=1S/C18H18N2O3S2/c1-11(2)17-15-10-14(7-8-16(15)19-18(17)21)25(22,23)20-12-5-4-6-13(9-12)24-3/h4-10,20H,1-3H3,(H,19,21). The molecular weight excluding hydrogens is 356 g/mol. The number of amides is 1. The van der Waals surface area contributed by atoms with Gasteiger partial charge in [-0.2, -0.15) is 0 Å². The smallest absolute Gasteiger partial charge is 0.261 e. The van der Waals surface area contributed by atoms with Gasteiger partial charge in [0.1, 0.15) is 0 Å². The van der Waals surface area contributed by atoms with Gasteiger partial charge in [-0.25, -0.2) is 8.42 Å². The summed E-state index contributed by atoms with van der Waals surface area (Å²) in [5.41, 5.74) is 3.11. The Balaban J connectivity index is 1.99. The number of benzene rings is 2. The van der Waals surface area contributed by atoms with E-state index in [4.69, 9.17) is 0 Å². The molecule has 25 heavy (non-hydrogen) atoms. The second-order valence-corrected chi connectivity index (χ2v) is 8.44. The van der Waals surface area contributed by atoms with Gasteiger partial charge in [0.15, 0.2) is 0 Å². The van der Waals surface area contributed by atoms with Crippen LogP contribution in [-0.4, -0.2) is 20.6 Å². The Kier molecular flexibility index (Phi) is 4.62. The molecule has 3 rings (SSSR count). The molecule has 0 atom stereocenters. The van der Waals surface area contributed by atoms with Crippen LogP contribution in [0, 0.1) is 0 Å². The van der Waals surface area contributed by atoms with Crippen LogP contribution in [0.5, 0.6) is 0 Å². The molecule has 1 aliphatic heterocycles. The first-order valence-corrected chi connectivity index (χ1v) is 10.3. The van der Waals surface area contributed by atoms with Crippen LogP contribution >= 0.6 is 11.8 Å². The Bertz CT molecular complexity index is 991. The minimum Gasteiger partial charge on any atom is -0.321 e. The number of allylic oxidation sites excluding steroid dienone is 1. The van der Waals surface area contributed by atoms with Crippen molar-refractivity contribution in [2.75, 3.05) is 16.3 Å². The molecule has 0 bridgehead atoms. The molecule has 0 unspecified atom stereocenters. The molecule has 5 nitrogen and oxygen atoms in total. The average Bonchev–Trinajstić information content (AvgIpc) is 2.89. The third-order valence-electron chi connectivity index (χ3n) is 3.87.